The monoisotopic (exact) mass is 304 g/mol. The molecule has 0 radical (unpaired) electrons. The number of rotatable bonds is 2. The van der Waals surface area contributed by atoms with Gasteiger partial charge in [0.25, 0.3) is 0 Å². The van der Waals surface area contributed by atoms with Gasteiger partial charge in [0, 0.05) is 13.1 Å². The zero-order chi connectivity index (χ0) is 15.7. The third kappa shape index (κ3) is 2.23. The van der Waals surface area contributed by atoms with Gasteiger partial charge in [-0.3, -0.25) is 0 Å². The normalized spacial score (nSPS) is 38.8. The summed E-state index contributed by atoms with van der Waals surface area (Å²) in [6, 6.07) is 0. The number of ether oxygens (including phenoxy) is 1. The molecule has 1 unspecified atom stereocenters. The van der Waals surface area contributed by atoms with Crippen LogP contribution in [0.15, 0.2) is 0 Å². The second-order valence-electron chi connectivity index (χ2n) is 8.24. The topological polar surface area (TPSA) is 29.5 Å². The van der Waals surface area contributed by atoms with Crippen LogP contribution in [0.4, 0.5) is 17.7 Å². The second kappa shape index (κ2) is 4.10. The Hall–Kier alpha value is -0.875. The minimum absolute atomic E-state index is 0.145. The number of likely N-dealkylation sites (tertiary alicyclic amines) is 1. The molecule has 7 heteroatoms. The number of hydrogen-bond donors (Lipinski definition) is 0. The molecule has 1 heterocycles. The number of hydrogen-bond acceptors (Lipinski definition) is 2. The Bertz CT molecular complexity index is 452. The Morgan fingerprint density at radius 1 is 1.24 bits per heavy atom. The minimum atomic E-state index is -4.71. The van der Waals surface area contributed by atoms with Crippen LogP contribution in [0.25, 0.3) is 0 Å². The van der Waals surface area contributed by atoms with Crippen molar-refractivity contribution in [2.75, 3.05) is 13.1 Å². The summed E-state index contributed by atoms with van der Waals surface area (Å²) in [5.74, 6) is 0.213. The van der Waals surface area contributed by atoms with Gasteiger partial charge in [0.05, 0.1) is 0 Å². The first-order valence-corrected chi connectivity index (χ1v) is 7.64. The molecule has 4 fully saturated rings. The van der Waals surface area contributed by atoms with Gasteiger partial charge in [0.2, 0.25) is 0 Å². The largest absolute Gasteiger partial charge is 0.484 e. The van der Waals surface area contributed by atoms with Crippen molar-refractivity contribution < 1.29 is 22.5 Å². The maximum absolute atomic E-state index is 12.9. The summed E-state index contributed by atoms with van der Waals surface area (Å²) in [6.45, 7) is 1.89. The second-order valence-corrected chi connectivity index (χ2v) is 8.24. The van der Waals surface area contributed by atoms with Crippen LogP contribution in [-0.4, -0.2) is 36.7 Å². The maximum atomic E-state index is 12.9. The molecule has 0 aromatic heterocycles. The molecule has 4 aliphatic rings. The molecule has 3 aliphatic carbocycles. The minimum Gasteiger partial charge on any atom is -0.449 e. The van der Waals surface area contributed by atoms with E-state index < -0.39 is 17.9 Å². The van der Waals surface area contributed by atoms with Crippen LogP contribution in [0.3, 0.4) is 0 Å². The van der Waals surface area contributed by atoms with E-state index in [1.54, 1.807) is 4.90 Å². The van der Waals surface area contributed by atoms with Crippen molar-refractivity contribution in [1.29, 1.82) is 0 Å². The summed E-state index contributed by atoms with van der Waals surface area (Å²) in [7, 11) is 0. The third-order valence-electron chi connectivity index (χ3n) is 5.51. The molecule has 4 rings (SSSR count). The molecule has 0 N–H and O–H groups in total. The standard InChI is InChI=1S/C14H22BF3NO2/c1-12(2,3)21-11(20)19-5-4-10(6-19)13-7-14(8-13,9-13)15(16,17)18/h10H,4-9H2,1-3H3/q-1. The van der Waals surface area contributed by atoms with Gasteiger partial charge in [-0.05, 0) is 38.5 Å². The summed E-state index contributed by atoms with van der Waals surface area (Å²) in [4.78, 5) is 13.7. The fourth-order valence-electron chi connectivity index (χ4n) is 4.48. The predicted octanol–water partition coefficient (Wildman–Crippen LogP) is 4.02. The maximum Gasteiger partial charge on any atom is 0.484 e. The molecule has 0 aromatic rings. The molecule has 21 heavy (non-hydrogen) atoms. The van der Waals surface area contributed by atoms with Crippen LogP contribution in [-0.2, 0) is 4.74 Å². The summed E-state index contributed by atoms with van der Waals surface area (Å²) in [5.41, 5.74) is -0.678. The fraction of sp³-hybridized carbons (Fsp3) is 0.929. The Labute approximate surface area is 123 Å². The highest BCUT2D eigenvalue weighted by Gasteiger charge is 2.75. The van der Waals surface area contributed by atoms with Gasteiger partial charge in [-0.25, -0.2) is 4.79 Å². The lowest BCUT2D eigenvalue weighted by Gasteiger charge is -2.77. The van der Waals surface area contributed by atoms with E-state index >= 15 is 0 Å². The van der Waals surface area contributed by atoms with Gasteiger partial charge in [-0.15, -0.1) is 0 Å². The number of halogens is 3. The molecule has 1 saturated heterocycles. The molecule has 1 atom stereocenters. The van der Waals surface area contributed by atoms with E-state index in [9.17, 15) is 17.7 Å². The quantitative estimate of drug-likeness (QED) is 0.721. The van der Waals surface area contributed by atoms with E-state index in [0.29, 0.717) is 13.1 Å². The van der Waals surface area contributed by atoms with E-state index in [1.165, 1.54) is 0 Å². The Morgan fingerprint density at radius 3 is 2.29 bits per heavy atom. The van der Waals surface area contributed by atoms with Gasteiger partial charge < -0.3 is 22.6 Å². The molecular formula is C14H22BF3NO2-. The number of carbonyl (C=O) groups excluding carboxylic acids is 1. The molecule has 120 valence electrons. The van der Waals surface area contributed by atoms with Crippen molar-refractivity contribution in [2.45, 2.75) is 57.4 Å². The van der Waals surface area contributed by atoms with Crippen molar-refractivity contribution in [3.63, 3.8) is 0 Å². The first-order chi connectivity index (χ1) is 9.47. The molecule has 0 spiro atoms. The fourth-order valence-corrected chi connectivity index (χ4v) is 4.48. The summed E-state index contributed by atoms with van der Waals surface area (Å²) in [6.07, 6.45) is 1.33. The smallest absolute Gasteiger partial charge is 0.449 e. The summed E-state index contributed by atoms with van der Waals surface area (Å²) >= 11 is 0. The average Bonchev–Trinajstić information content (AvgIpc) is 2.56. The van der Waals surface area contributed by atoms with E-state index in [1.807, 2.05) is 20.8 Å². The van der Waals surface area contributed by atoms with Crippen molar-refractivity contribution in [1.82, 2.24) is 4.90 Å². The SMILES string of the molecule is CC(C)(C)OC(=O)N1CCC(C23CC([B-](F)(F)F)(C2)C3)C1. The van der Waals surface area contributed by atoms with Crippen LogP contribution in [0, 0.1) is 11.3 Å². The van der Waals surface area contributed by atoms with Crippen molar-refractivity contribution in [3.05, 3.63) is 0 Å². The van der Waals surface area contributed by atoms with Crippen LogP contribution in [0.5, 0.6) is 0 Å². The van der Waals surface area contributed by atoms with Crippen LogP contribution < -0.4 is 0 Å². The highest BCUT2D eigenvalue weighted by Crippen LogP contribution is 2.85. The molecule has 2 bridgehead atoms. The molecule has 3 nitrogen and oxygen atoms in total. The van der Waals surface area contributed by atoms with Crippen LogP contribution in [0.2, 0.25) is 5.31 Å². The lowest BCUT2D eigenvalue weighted by atomic mass is 9.22. The van der Waals surface area contributed by atoms with Gasteiger partial charge in [0.1, 0.15) is 5.60 Å². The van der Waals surface area contributed by atoms with Gasteiger partial charge in [0.15, 0.2) is 0 Å². The van der Waals surface area contributed by atoms with E-state index in [-0.39, 0.29) is 36.7 Å². The lowest BCUT2D eigenvalue weighted by Crippen LogP contribution is -2.67. The van der Waals surface area contributed by atoms with Crippen LogP contribution >= 0.6 is 0 Å². The first kappa shape index (κ1) is 15.0. The van der Waals surface area contributed by atoms with Gasteiger partial charge in [-0.2, -0.15) is 0 Å². The highest BCUT2D eigenvalue weighted by molar-refractivity contribution is 6.63. The average molecular weight is 304 g/mol. The zero-order valence-corrected chi connectivity index (χ0v) is 12.8. The molecule has 3 saturated carbocycles. The number of nitrogens with zero attached hydrogens (tertiary/aromatic N) is 1. The number of carbonyl (C=O) groups is 1. The van der Waals surface area contributed by atoms with E-state index in [0.717, 1.165) is 6.42 Å². The van der Waals surface area contributed by atoms with Crippen molar-refractivity contribution in [3.8, 4) is 0 Å². The zero-order valence-electron chi connectivity index (χ0n) is 12.8. The molecule has 0 aromatic carbocycles. The predicted molar refractivity (Wildman–Crippen MR) is 74.0 cm³/mol. The Morgan fingerprint density at radius 2 is 1.81 bits per heavy atom. The van der Waals surface area contributed by atoms with Crippen molar-refractivity contribution in [2.24, 2.45) is 11.3 Å². The lowest BCUT2D eigenvalue weighted by molar-refractivity contribution is -0.151. The first-order valence-electron chi connectivity index (χ1n) is 7.64. The van der Waals surface area contributed by atoms with Crippen LogP contribution in [0.1, 0.15) is 46.5 Å². The van der Waals surface area contributed by atoms with Crippen molar-refractivity contribution >= 4 is 13.1 Å². The number of amides is 1. The Kier molecular flexibility index (Phi) is 2.94. The Balaban J connectivity index is 1.55. The van der Waals surface area contributed by atoms with Gasteiger partial charge >= 0.3 is 13.1 Å². The summed E-state index contributed by atoms with van der Waals surface area (Å²) in [5, 5.41) is -1.33. The van der Waals surface area contributed by atoms with E-state index in [2.05, 4.69) is 0 Å². The third-order valence-corrected chi connectivity index (χ3v) is 5.51. The molecule has 1 aliphatic heterocycles. The molecular weight excluding hydrogens is 282 g/mol. The highest BCUT2D eigenvalue weighted by atomic mass is 19.4. The molecule has 1 amide bonds. The summed E-state index contributed by atoms with van der Waals surface area (Å²) < 4.78 is 44.2. The van der Waals surface area contributed by atoms with Gasteiger partial charge in [-0.1, -0.05) is 24.6 Å². The van der Waals surface area contributed by atoms with E-state index in [4.69, 9.17) is 4.74 Å².